The molecular formula is C13H17NS. The molecule has 80 valence electrons. The molecule has 0 aliphatic heterocycles. The first-order valence-electron chi connectivity index (χ1n) is 5.61. The van der Waals surface area contributed by atoms with Gasteiger partial charge < -0.3 is 5.73 Å². The van der Waals surface area contributed by atoms with Crippen molar-refractivity contribution in [1.29, 1.82) is 0 Å². The fraction of sp³-hybridized carbons (Fsp3) is 0.462. The Morgan fingerprint density at radius 1 is 1.07 bits per heavy atom. The summed E-state index contributed by atoms with van der Waals surface area (Å²) < 4.78 is 0. The molecule has 0 atom stereocenters. The monoisotopic (exact) mass is 219 g/mol. The number of thiocarbonyl (C=S) groups is 1. The summed E-state index contributed by atoms with van der Waals surface area (Å²) >= 11 is 5.29. The molecule has 1 aliphatic carbocycles. The zero-order chi connectivity index (χ0) is 10.7. The van der Waals surface area contributed by atoms with E-state index in [4.69, 9.17) is 18.0 Å². The second kappa shape index (κ2) is 4.31. The van der Waals surface area contributed by atoms with Gasteiger partial charge in [0.15, 0.2) is 0 Å². The normalized spacial score (nSPS) is 19.7. The van der Waals surface area contributed by atoms with Crippen molar-refractivity contribution in [2.75, 3.05) is 0 Å². The van der Waals surface area contributed by atoms with E-state index in [2.05, 4.69) is 24.3 Å². The Hall–Kier alpha value is -0.890. The lowest BCUT2D eigenvalue weighted by molar-refractivity contribution is 0.382. The highest BCUT2D eigenvalue weighted by Gasteiger charge is 2.36. The van der Waals surface area contributed by atoms with Gasteiger partial charge in [0.1, 0.15) is 0 Å². The summed E-state index contributed by atoms with van der Waals surface area (Å²) in [6.07, 6.45) is 6.04. The summed E-state index contributed by atoms with van der Waals surface area (Å²) in [5, 5.41) is 0. The van der Waals surface area contributed by atoms with Gasteiger partial charge in [0, 0.05) is 5.41 Å². The Bertz CT molecular complexity index is 339. The van der Waals surface area contributed by atoms with Crippen LogP contribution in [0.15, 0.2) is 30.3 Å². The summed E-state index contributed by atoms with van der Waals surface area (Å²) in [6.45, 7) is 0. The summed E-state index contributed by atoms with van der Waals surface area (Å²) in [4.78, 5) is 0.674. The molecule has 0 radical (unpaired) electrons. The molecule has 1 fully saturated rings. The lowest BCUT2D eigenvalue weighted by Gasteiger charge is -2.36. The minimum absolute atomic E-state index is 0.0190. The predicted molar refractivity (Wildman–Crippen MR) is 68.0 cm³/mol. The van der Waals surface area contributed by atoms with Gasteiger partial charge in [-0.15, -0.1) is 0 Å². The van der Waals surface area contributed by atoms with Crippen molar-refractivity contribution >= 4 is 17.2 Å². The first kappa shape index (κ1) is 10.6. The van der Waals surface area contributed by atoms with E-state index >= 15 is 0 Å². The molecule has 15 heavy (non-hydrogen) atoms. The quantitative estimate of drug-likeness (QED) is 0.773. The van der Waals surface area contributed by atoms with Crippen molar-refractivity contribution in [3.8, 4) is 0 Å². The molecule has 0 spiro atoms. The van der Waals surface area contributed by atoms with Crippen LogP contribution < -0.4 is 5.73 Å². The first-order valence-corrected chi connectivity index (χ1v) is 6.02. The number of nitrogens with two attached hydrogens (primary N) is 1. The fourth-order valence-electron chi connectivity index (χ4n) is 2.59. The zero-order valence-corrected chi connectivity index (χ0v) is 9.72. The molecule has 0 bridgehead atoms. The molecule has 1 saturated carbocycles. The molecule has 0 unspecified atom stereocenters. The highest BCUT2D eigenvalue weighted by Crippen LogP contribution is 2.39. The van der Waals surface area contributed by atoms with Gasteiger partial charge in [-0.25, -0.2) is 0 Å². The zero-order valence-electron chi connectivity index (χ0n) is 8.91. The standard InChI is InChI=1S/C13H17NS/c14-12(15)13(9-5-2-6-10-13)11-7-3-1-4-8-11/h1,3-4,7-8H,2,5-6,9-10H2,(H2,14,15). The third-order valence-electron chi connectivity index (χ3n) is 3.51. The van der Waals surface area contributed by atoms with Crippen LogP contribution in [-0.2, 0) is 5.41 Å². The van der Waals surface area contributed by atoms with Crippen LogP contribution in [0.4, 0.5) is 0 Å². The Morgan fingerprint density at radius 3 is 2.20 bits per heavy atom. The van der Waals surface area contributed by atoms with Gasteiger partial charge in [-0.05, 0) is 18.4 Å². The molecular weight excluding hydrogens is 202 g/mol. The minimum Gasteiger partial charge on any atom is -0.393 e. The smallest absolute Gasteiger partial charge is 0.0834 e. The van der Waals surface area contributed by atoms with Crippen LogP contribution in [0.2, 0.25) is 0 Å². The summed E-state index contributed by atoms with van der Waals surface area (Å²) in [5.74, 6) is 0. The maximum absolute atomic E-state index is 5.97. The van der Waals surface area contributed by atoms with Gasteiger partial charge in [0.25, 0.3) is 0 Å². The Labute approximate surface area is 96.7 Å². The van der Waals surface area contributed by atoms with Crippen molar-refractivity contribution < 1.29 is 0 Å². The number of rotatable bonds is 2. The van der Waals surface area contributed by atoms with Crippen LogP contribution in [-0.4, -0.2) is 4.99 Å². The SMILES string of the molecule is NC(=S)C1(c2ccccc2)CCCCC1. The van der Waals surface area contributed by atoms with Crippen LogP contribution >= 0.6 is 12.2 Å². The second-order valence-corrected chi connectivity index (χ2v) is 4.81. The van der Waals surface area contributed by atoms with E-state index in [-0.39, 0.29) is 5.41 Å². The van der Waals surface area contributed by atoms with Gasteiger partial charge in [0.05, 0.1) is 4.99 Å². The number of benzene rings is 1. The average molecular weight is 219 g/mol. The summed E-state index contributed by atoms with van der Waals surface area (Å²) in [7, 11) is 0. The van der Waals surface area contributed by atoms with E-state index in [1.165, 1.54) is 24.8 Å². The molecule has 2 rings (SSSR count). The van der Waals surface area contributed by atoms with Gasteiger partial charge in [-0.2, -0.15) is 0 Å². The number of hydrogen-bond acceptors (Lipinski definition) is 1. The highest BCUT2D eigenvalue weighted by atomic mass is 32.1. The highest BCUT2D eigenvalue weighted by molar-refractivity contribution is 7.80. The van der Waals surface area contributed by atoms with E-state index in [9.17, 15) is 0 Å². The predicted octanol–water partition coefficient (Wildman–Crippen LogP) is 3.17. The van der Waals surface area contributed by atoms with Crippen molar-refractivity contribution in [3.63, 3.8) is 0 Å². The average Bonchev–Trinajstić information content (AvgIpc) is 2.31. The van der Waals surface area contributed by atoms with E-state index in [1.807, 2.05) is 6.07 Å². The third-order valence-corrected chi connectivity index (χ3v) is 3.90. The van der Waals surface area contributed by atoms with Crippen LogP contribution in [0, 0.1) is 0 Å². The van der Waals surface area contributed by atoms with Gasteiger partial charge >= 0.3 is 0 Å². The maximum atomic E-state index is 5.97. The molecule has 1 aromatic carbocycles. The second-order valence-electron chi connectivity index (χ2n) is 4.37. The Balaban J connectivity index is 2.38. The van der Waals surface area contributed by atoms with E-state index in [0.717, 1.165) is 12.8 Å². The first-order chi connectivity index (χ1) is 7.26. The van der Waals surface area contributed by atoms with Crippen LogP contribution in [0.5, 0.6) is 0 Å². The van der Waals surface area contributed by atoms with E-state index < -0.39 is 0 Å². The van der Waals surface area contributed by atoms with Crippen molar-refractivity contribution in [2.45, 2.75) is 37.5 Å². The van der Waals surface area contributed by atoms with Crippen molar-refractivity contribution in [2.24, 2.45) is 5.73 Å². The Morgan fingerprint density at radius 2 is 1.67 bits per heavy atom. The molecule has 0 amide bonds. The minimum atomic E-state index is -0.0190. The maximum Gasteiger partial charge on any atom is 0.0834 e. The molecule has 2 heteroatoms. The van der Waals surface area contributed by atoms with Crippen molar-refractivity contribution in [1.82, 2.24) is 0 Å². The van der Waals surface area contributed by atoms with Gasteiger partial charge in [0.2, 0.25) is 0 Å². The Kier molecular flexibility index (Phi) is 3.06. The van der Waals surface area contributed by atoms with Crippen LogP contribution in [0.1, 0.15) is 37.7 Å². The lowest BCUT2D eigenvalue weighted by Crippen LogP contribution is -2.41. The molecule has 1 aliphatic rings. The van der Waals surface area contributed by atoms with Gasteiger partial charge in [-0.3, -0.25) is 0 Å². The lowest BCUT2D eigenvalue weighted by atomic mass is 9.69. The molecule has 1 nitrogen and oxygen atoms in total. The molecule has 0 heterocycles. The largest absolute Gasteiger partial charge is 0.393 e. The third kappa shape index (κ3) is 1.91. The number of hydrogen-bond donors (Lipinski definition) is 1. The summed E-state index contributed by atoms with van der Waals surface area (Å²) in [6, 6.07) is 10.5. The van der Waals surface area contributed by atoms with Crippen LogP contribution in [0.25, 0.3) is 0 Å². The topological polar surface area (TPSA) is 26.0 Å². The van der Waals surface area contributed by atoms with Gasteiger partial charge in [-0.1, -0.05) is 61.8 Å². The molecule has 1 aromatic rings. The van der Waals surface area contributed by atoms with Crippen LogP contribution in [0.3, 0.4) is 0 Å². The molecule has 2 N–H and O–H groups in total. The molecule has 0 aromatic heterocycles. The van der Waals surface area contributed by atoms with E-state index in [1.54, 1.807) is 0 Å². The fourth-order valence-corrected chi connectivity index (χ4v) is 2.91. The van der Waals surface area contributed by atoms with Crippen molar-refractivity contribution in [3.05, 3.63) is 35.9 Å². The molecule has 0 saturated heterocycles. The summed E-state index contributed by atoms with van der Waals surface area (Å²) in [5.41, 5.74) is 7.25. The van der Waals surface area contributed by atoms with E-state index in [0.29, 0.717) is 4.99 Å².